The van der Waals surface area contributed by atoms with E-state index in [-0.39, 0.29) is 17.4 Å². The number of likely N-dealkylation sites (tertiary alicyclic amines) is 1. The monoisotopic (exact) mass is 512 g/mol. The summed E-state index contributed by atoms with van der Waals surface area (Å²) in [5.74, 6) is -0.0794. The molecule has 1 amide bonds. The highest BCUT2D eigenvalue weighted by Crippen LogP contribution is 2.29. The van der Waals surface area contributed by atoms with Crippen molar-refractivity contribution in [3.05, 3.63) is 90.0 Å². The quantitative estimate of drug-likeness (QED) is 0.370. The lowest BCUT2D eigenvalue weighted by atomic mass is 9.87. The Labute approximate surface area is 225 Å². The molecule has 8 nitrogen and oxygen atoms in total. The molecule has 1 saturated heterocycles. The van der Waals surface area contributed by atoms with Crippen molar-refractivity contribution in [1.82, 2.24) is 20.2 Å². The molecule has 1 aliphatic rings. The predicted molar refractivity (Wildman–Crippen MR) is 148 cm³/mol. The molecule has 3 heterocycles. The largest absolute Gasteiger partial charge is 0.359 e. The van der Waals surface area contributed by atoms with Crippen molar-refractivity contribution < 1.29 is 9.59 Å². The molecular weight excluding hydrogens is 476 g/mol. The Morgan fingerprint density at radius 2 is 1.84 bits per heavy atom. The highest BCUT2D eigenvalue weighted by atomic mass is 16.2. The Kier molecular flexibility index (Phi) is 9.94. The summed E-state index contributed by atoms with van der Waals surface area (Å²) in [5.41, 5.74) is 4.12. The van der Waals surface area contributed by atoms with Gasteiger partial charge in [0.2, 0.25) is 5.91 Å². The van der Waals surface area contributed by atoms with Gasteiger partial charge < -0.3 is 19.9 Å². The summed E-state index contributed by atoms with van der Waals surface area (Å²) >= 11 is 0. The molecule has 8 heteroatoms. The van der Waals surface area contributed by atoms with Crippen LogP contribution in [-0.4, -0.2) is 46.7 Å². The molecule has 38 heavy (non-hydrogen) atoms. The van der Waals surface area contributed by atoms with E-state index in [1.165, 1.54) is 10.5 Å². The van der Waals surface area contributed by atoms with Crippen LogP contribution in [0.5, 0.6) is 0 Å². The summed E-state index contributed by atoms with van der Waals surface area (Å²) in [6.07, 6.45) is 11.6. The normalized spacial score (nSPS) is 15.4. The molecule has 2 unspecified atom stereocenters. The van der Waals surface area contributed by atoms with Crippen LogP contribution in [0.3, 0.4) is 0 Å². The van der Waals surface area contributed by atoms with E-state index in [0.29, 0.717) is 6.54 Å². The third kappa shape index (κ3) is 7.62. The summed E-state index contributed by atoms with van der Waals surface area (Å²) in [7, 11) is 1.94. The van der Waals surface area contributed by atoms with Crippen LogP contribution in [0.4, 0.5) is 5.69 Å². The number of nitrogens with zero attached hydrogens (tertiary/aromatic N) is 5. The number of rotatable bonds is 7. The number of carbonyl (C=O) groups excluding carboxylic acids is 2. The molecular formula is C30H36N6O2. The number of carbonyl (C=O) groups is 2. The number of aromatic nitrogens is 2. The number of nitriles is 1. The van der Waals surface area contributed by atoms with Crippen LogP contribution >= 0.6 is 0 Å². The maximum absolute atomic E-state index is 13.2. The van der Waals surface area contributed by atoms with E-state index in [4.69, 9.17) is 5.26 Å². The molecule has 2 aromatic heterocycles. The number of pyridine rings is 2. The highest BCUT2D eigenvalue weighted by Gasteiger charge is 2.26. The molecule has 198 valence electrons. The van der Waals surface area contributed by atoms with E-state index in [9.17, 15) is 9.59 Å². The van der Waals surface area contributed by atoms with Gasteiger partial charge in [-0.15, -0.1) is 0 Å². The van der Waals surface area contributed by atoms with Crippen molar-refractivity contribution in [2.24, 2.45) is 0 Å². The Balaban J connectivity index is 0.000000375. The van der Waals surface area contributed by atoms with E-state index in [1.807, 2.05) is 42.4 Å². The smallest absolute Gasteiger partial charge is 0.247 e. The van der Waals surface area contributed by atoms with E-state index in [1.54, 1.807) is 24.8 Å². The van der Waals surface area contributed by atoms with Crippen LogP contribution in [0.25, 0.3) is 0 Å². The third-order valence-corrected chi connectivity index (χ3v) is 6.55. The Morgan fingerprint density at radius 3 is 2.37 bits per heavy atom. The van der Waals surface area contributed by atoms with Gasteiger partial charge in [-0.05, 0) is 53.6 Å². The van der Waals surface area contributed by atoms with Gasteiger partial charge in [0.25, 0.3) is 0 Å². The minimum absolute atomic E-state index is 0.0794. The fourth-order valence-electron chi connectivity index (χ4n) is 4.28. The first-order valence-electron chi connectivity index (χ1n) is 12.8. The first-order valence-corrected chi connectivity index (χ1v) is 12.8. The number of hydrogen-bond acceptors (Lipinski definition) is 7. The Morgan fingerprint density at radius 1 is 1.16 bits per heavy atom. The van der Waals surface area contributed by atoms with Crippen LogP contribution < -0.4 is 10.2 Å². The number of amides is 1. The van der Waals surface area contributed by atoms with Crippen LogP contribution in [0.15, 0.2) is 73.3 Å². The van der Waals surface area contributed by atoms with Gasteiger partial charge in [0, 0.05) is 56.2 Å². The van der Waals surface area contributed by atoms with E-state index in [0.717, 1.165) is 42.5 Å². The zero-order valence-electron chi connectivity index (χ0n) is 22.5. The third-order valence-electron chi connectivity index (χ3n) is 6.55. The summed E-state index contributed by atoms with van der Waals surface area (Å²) in [5, 5.41) is 11.4. The predicted octanol–water partition coefficient (Wildman–Crippen LogP) is 4.40. The van der Waals surface area contributed by atoms with E-state index in [2.05, 4.69) is 60.3 Å². The van der Waals surface area contributed by atoms with Crippen LogP contribution in [0, 0.1) is 11.5 Å². The number of likely N-dealkylation sites (N-methyl/N-ethyl adjacent to an activating group) is 1. The van der Waals surface area contributed by atoms with Gasteiger partial charge >= 0.3 is 0 Å². The fraction of sp³-hybridized carbons (Fsp3) is 0.367. The van der Waals surface area contributed by atoms with Gasteiger partial charge in [0.1, 0.15) is 12.3 Å². The molecule has 4 rings (SSSR count). The van der Waals surface area contributed by atoms with Crippen molar-refractivity contribution in [2.45, 2.75) is 57.7 Å². The number of hydrogen-bond donors (Lipinski definition) is 1. The van der Waals surface area contributed by atoms with E-state index < -0.39 is 6.04 Å². The first kappa shape index (κ1) is 28.3. The average molecular weight is 513 g/mol. The molecule has 0 bridgehead atoms. The minimum atomic E-state index is -0.485. The van der Waals surface area contributed by atoms with E-state index >= 15 is 0 Å². The molecule has 0 radical (unpaired) electrons. The summed E-state index contributed by atoms with van der Waals surface area (Å²) in [6, 6.07) is 15.4. The molecule has 1 fully saturated rings. The highest BCUT2D eigenvalue weighted by molar-refractivity contribution is 5.86. The lowest BCUT2D eigenvalue weighted by molar-refractivity contribution is -0.122. The summed E-state index contributed by atoms with van der Waals surface area (Å²) in [4.78, 5) is 35.2. The fourth-order valence-corrected chi connectivity index (χ4v) is 4.28. The van der Waals surface area contributed by atoms with Gasteiger partial charge in [-0.3, -0.25) is 14.8 Å². The topological polar surface area (TPSA) is 102 Å². The molecule has 2 atom stereocenters. The molecule has 0 saturated carbocycles. The first-order chi connectivity index (χ1) is 18.2. The standard InChI is InChI=1S/C24H28N4O.C6H8N2O/c1-24(2,3)20-9-11-21(12-10-20)28(4)22(19-8-6-14-26-17-19)23(29)27-16-18-7-5-13-25-15-18;7-5-8-3-1-2-6(8)4-9/h5-15,17,22H,16H2,1-4H3,(H,27,29);4,6H,1-3H2. The van der Waals surface area contributed by atoms with Gasteiger partial charge in [0.15, 0.2) is 6.19 Å². The van der Waals surface area contributed by atoms with Gasteiger partial charge in [-0.1, -0.05) is 45.0 Å². The molecule has 0 aliphatic carbocycles. The maximum Gasteiger partial charge on any atom is 0.247 e. The van der Waals surface area contributed by atoms with Crippen LogP contribution in [0.2, 0.25) is 0 Å². The lowest BCUT2D eigenvalue weighted by Gasteiger charge is -2.30. The number of nitrogens with one attached hydrogen (secondary N) is 1. The SMILES string of the molecule is CN(c1ccc(C(C)(C)C)cc1)C(C(=O)NCc1cccnc1)c1cccnc1.N#CN1CCCC1C=O. The second-order valence-electron chi connectivity index (χ2n) is 10.3. The molecule has 0 spiro atoms. The second-order valence-corrected chi connectivity index (χ2v) is 10.3. The molecule has 1 aliphatic heterocycles. The molecule has 3 aromatic rings. The van der Waals surface area contributed by atoms with Crippen molar-refractivity contribution >= 4 is 17.9 Å². The molecule has 1 N–H and O–H groups in total. The van der Waals surface area contributed by atoms with Crippen molar-refractivity contribution in [2.75, 3.05) is 18.5 Å². The lowest BCUT2D eigenvalue weighted by Crippen LogP contribution is -2.38. The van der Waals surface area contributed by atoms with Gasteiger partial charge in [0.05, 0.1) is 6.04 Å². The van der Waals surface area contributed by atoms with Crippen molar-refractivity contribution in [3.8, 4) is 6.19 Å². The van der Waals surface area contributed by atoms with Gasteiger partial charge in [-0.2, -0.15) is 5.26 Å². The average Bonchev–Trinajstić information content (AvgIpc) is 3.41. The zero-order valence-corrected chi connectivity index (χ0v) is 22.5. The van der Waals surface area contributed by atoms with Crippen LogP contribution in [0.1, 0.15) is 56.3 Å². The Bertz CT molecular complexity index is 1200. The second kappa shape index (κ2) is 13.3. The van der Waals surface area contributed by atoms with Crippen molar-refractivity contribution in [3.63, 3.8) is 0 Å². The van der Waals surface area contributed by atoms with Crippen LogP contribution in [-0.2, 0) is 21.5 Å². The number of anilines is 1. The Hall–Kier alpha value is -4.25. The number of aldehydes is 1. The number of benzene rings is 1. The van der Waals surface area contributed by atoms with Gasteiger partial charge in [-0.25, -0.2) is 0 Å². The summed E-state index contributed by atoms with van der Waals surface area (Å²) < 4.78 is 0. The van der Waals surface area contributed by atoms with Crippen molar-refractivity contribution in [1.29, 1.82) is 5.26 Å². The zero-order chi connectivity index (χ0) is 27.5. The molecule has 1 aromatic carbocycles. The summed E-state index contributed by atoms with van der Waals surface area (Å²) in [6.45, 7) is 7.75. The minimum Gasteiger partial charge on any atom is -0.359 e. The maximum atomic E-state index is 13.2.